The standard InChI is InChI=1S/C12H15ClN4O2S/c1-6(2)7(10-14-4-5-15-10)16-12-17-9(13)8(20-12)11(18)19-3/h4-7H,1-3H3,(H,14,15)(H,16,17). The number of hydrogen-bond acceptors (Lipinski definition) is 6. The third-order valence-electron chi connectivity index (χ3n) is 2.72. The fourth-order valence-corrected chi connectivity index (χ4v) is 2.85. The van der Waals surface area contributed by atoms with E-state index in [0.29, 0.717) is 10.0 Å². The quantitative estimate of drug-likeness (QED) is 0.829. The number of halogens is 1. The molecule has 0 bridgehead atoms. The highest BCUT2D eigenvalue weighted by Crippen LogP contribution is 2.31. The van der Waals surface area contributed by atoms with Gasteiger partial charge >= 0.3 is 5.97 Å². The van der Waals surface area contributed by atoms with Crippen LogP contribution in [0.4, 0.5) is 5.13 Å². The maximum atomic E-state index is 11.5. The first-order valence-corrected chi connectivity index (χ1v) is 7.22. The van der Waals surface area contributed by atoms with Crippen LogP contribution in [0.15, 0.2) is 12.4 Å². The first-order chi connectivity index (χ1) is 9.52. The van der Waals surface area contributed by atoms with E-state index in [2.05, 4.69) is 38.9 Å². The average molecular weight is 315 g/mol. The van der Waals surface area contributed by atoms with Crippen LogP contribution in [-0.2, 0) is 4.74 Å². The van der Waals surface area contributed by atoms with E-state index in [-0.39, 0.29) is 17.1 Å². The smallest absolute Gasteiger partial charge is 0.351 e. The Kier molecular flexibility index (Phi) is 4.61. The van der Waals surface area contributed by atoms with Crippen LogP contribution in [0.25, 0.3) is 0 Å². The van der Waals surface area contributed by atoms with Gasteiger partial charge < -0.3 is 15.0 Å². The number of nitrogens with one attached hydrogen (secondary N) is 2. The number of thiazole rings is 1. The first kappa shape index (κ1) is 14.8. The van der Waals surface area contributed by atoms with E-state index in [1.807, 2.05) is 0 Å². The number of H-pyrrole nitrogens is 1. The molecule has 1 atom stereocenters. The largest absolute Gasteiger partial charge is 0.465 e. The van der Waals surface area contributed by atoms with Crippen LogP contribution in [-0.4, -0.2) is 28.0 Å². The highest BCUT2D eigenvalue weighted by atomic mass is 35.5. The Morgan fingerprint density at radius 3 is 2.85 bits per heavy atom. The number of aromatic amines is 1. The summed E-state index contributed by atoms with van der Waals surface area (Å²) < 4.78 is 4.66. The van der Waals surface area contributed by atoms with Crippen molar-refractivity contribution in [1.29, 1.82) is 0 Å². The van der Waals surface area contributed by atoms with Gasteiger partial charge in [0.25, 0.3) is 0 Å². The number of esters is 1. The summed E-state index contributed by atoms with van der Waals surface area (Å²) in [6.45, 7) is 4.13. The van der Waals surface area contributed by atoms with Crippen LogP contribution < -0.4 is 5.32 Å². The van der Waals surface area contributed by atoms with E-state index in [0.717, 1.165) is 17.2 Å². The van der Waals surface area contributed by atoms with Crippen molar-refractivity contribution in [2.45, 2.75) is 19.9 Å². The van der Waals surface area contributed by atoms with Gasteiger partial charge in [0, 0.05) is 12.4 Å². The molecule has 0 saturated carbocycles. The van der Waals surface area contributed by atoms with E-state index in [1.165, 1.54) is 7.11 Å². The highest BCUT2D eigenvalue weighted by molar-refractivity contribution is 7.18. The summed E-state index contributed by atoms with van der Waals surface area (Å²) in [7, 11) is 1.31. The highest BCUT2D eigenvalue weighted by Gasteiger charge is 2.22. The number of imidazole rings is 1. The Bertz CT molecular complexity index is 582. The van der Waals surface area contributed by atoms with Crippen LogP contribution in [0.2, 0.25) is 5.15 Å². The number of carbonyl (C=O) groups is 1. The van der Waals surface area contributed by atoms with Gasteiger partial charge in [0.15, 0.2) is 15.2 Å². The van der Waals surface area contributed by atoms with E-state index >= 15 is 0 Å². The van der Waals surface area contributed by atoms with Crippen LogP contribution in [0.1, 0.15) is 35.4 Å². The number of anilines is 1. The summed E-state index contributed by atoms with van der Waals surface area (Å²) in [6, 6.07) is -0.0438. The summed E-state index contributed by atoms with van der Waals surface area (Å²) in [6.07, 6.45) is 3.46. The minimum Gasteiger partial charge on any atom is -0.465 e. The molecule has 6 nitrogen and oxygen atoms in total. The maximum absolute atomic E-state index is 11.5. The number of nitrogens with zero attached hydrogens (tertiary/aromatic N) is 2. The molecule has 2 N–H and O–H groups in total. The van der Waals surface area contributed by atoms with Crippen LogP contribution in [0, 0.1) is 5.92 Å². The van der Waals surface area contributed by atoms with Gasteiger partial charge in [-0.2, -0.15) is 0 Å². The Morgan fingerprint density at radius 1 is 1.55 bits per heavy atom. The molecule has 2 rings (SSSR count). The fourth-order valence-electron chi connectivity index (χ4n) is 1.71. The molecule has 0 fully saturated rings. The first-order valence-electron chi connectivity index (χ1n) is 6.03. The topological polar surface area (TPSA) is 79.9 Å². The number of ether oxygens (including phenoxy) is 1. The minimum absolute atomic E-state index is 0.0438. The zero-order valence-electron chi connectivity index (χ0n) is 11.3. The van der Waals surface area contributed by atoms with Gasteiger partial charge in [0.2, 0.25) is 0 Å². The van der Waals surface area contributed by atoms with E-state index < -0.39 is 5.97 Å². The van der Waals surface area contributed by atoms with Crippen LogP contribution >= 0.6 is 22.9 Å². The zero-order valence-corrected chi connectivity index (χ0v) is 12.9. The second-order valence-corrected chi connectivity index (χ2v) is 5.83. The lowest BCUT2D eigenvalue weighted by atomic mass is 10.0. The monoisotopic (exact) mass is 314 g/mol. The normalized spacial score (nSPS) is 12.4. The molecule has 108 valence electrons. The Hall–Kier alpha value is -1.60. The number of carbonyl (C=O) groups excluding carboxylic acids is 1. The minimum atomic E-state index is -0.486. The van der Waals surface area contributed by atoms with Gasteiger partial charge in [-0.1, -0.05) is 36.8 Å². The molecule has 0 aliphatic heterocycles. The molecule has 20 heavy (non-hydrogen) atoms. The molecule has 8 heteroatoms. The number of aromatic nitrogens is 3. The molecular weight excluding hydrogens is 300 g/mol. The van der Waals surface area contributed by atoms with Gasteiger partial charge in [-0.05, 0) is 5.92 Å². The van der Waals surface area contributed by atoms with E-state index in [4.69, 9.17) is 11.6 Å². The van der Waals surface area contributed by atoms with Crippen molar-refractivity contribution in [2.24, 2.45) is 5.92 Å². The second kappa shape index (κ2) is 6.23. The average Bonchev–Trinajstić information content (AvgIpc) is 3.04. The van der Waals surface area contributed by atoms with Crippen LogP contribution in [0.5, 0.6) is 0 Å². The van der Waals surface area contributed by atoms with Crippen molar-refractivity contribution in [3.8, 4) is 0 Å². The molecule has 0 amide bonds. The summed E-state index contributed by atoms with van der Waals surface area (Å²) >= 11 is 7.11. The predicted octanol–water partition coefficient (Wildman–Crippen LogP) is 3.12. The Morgan fingerprint density at radius 2 is 2.30 bits per heavy atom. The Balaban J connectivity index is 2.22. The molecule has 0 spiro atoms. The molecule has 2 heterocycles. The maximum Gasteiger partial charge on any atom is 0.351 e. The molecule has 0 saturated heterocycles. The second-order valence-electron chi connectivity index (χ2n) is 4.47. The molecular formula is C12H15ClN4O2S. The van der Waals surface area contributed by atoms with Crippen molar-refractivity contribution in [3.63, 3.8) is 0 Å². The SMILES string of the molecule is COC(=O)c1sc(NC(c2ncc[nH]2)C(C)C)nc1Cl. The third-order valence-corrected chi connectivity index (χ3v) is 4.07. The van der Waals surface area contributed by atoms with Crippen molar-refractivity contribution >= 4 is 34.0 Å². The van der Waals surface area contributed by atoms with Gasteiger partial charge in [-0.25, -0.2) is 14.8 Å². The predicted molar refractivity (Wildman–Crippen MR) is 78.3 cm³/mol. The lowest BCUT2D eigenvalue weighted by Crippen LogP contribution is -2.18. The Labute approximate surface area is 125 Å². The molecule has 1 unspecified atom stereocenters. The summed E-state index contributed by atoms with van der Waals surface area (Å²) in [5.41, 5.74) is 0. The van der Waals surface area contributed by atoms with Crippen molar-refractivity contribution in [2.75, 3.05) is 12.4 Å². The van der Waals surface area contributed by atoms with Crippen LogP contribution in [0.3, 0.4) is 0 Å². The van der Waals surface area contributed by atoms with E-state index in [9.17, 15) is 4.79 Å². The molecule has 2 aromatic heterocycles. The van der Waals surface area contributed by atoms with Crippen molar-refractivity contribution < 1.29 is 9.53 Å². The summed E-state index contributed by atoms with van der Waals surface area (Å²) in [4.78, 5) is 23.3. The molecule has 0 aliphatic rings. The van der Waals surface area contributed by atoms with Gasteiger partial charge in [0.1, 0.15) is 5.82 Å². The molecule has 2 aromatic rings. The van der Waals surface area contributed by atoms with Crippen molar-refractivity contribution in [3.05, 3.63) is 28.2 Å². The zero-order chi connectivity index (χ0) is 14.7. The number of rotatable bonds is 5. The third kappa shape index (κ3) is 3.10. The molecule has 0 radical (unpaired) electrons. The number of hydrogen-bond donors (Lipinski definition) is 2. The van der Waals surface area contributed by atoms with Gasteiger partial charge in [-0.15, -0.1) is 0 Å². The number of methoxy groups -OCH3 is 1. The van der Waals surface area contributed by atoms with Gasteiger partial charge in [0.05, 0.1) is 13.2 Å². The van der Waals surface area contributed by atoms with E-state index in [1.54, 1.807) is 12.4 Å². The fraction of sp³-hybridized carbons (Fsp3) is 0.417. The summed E-state index contributed by atoms with van der Waals surface area (Å²) in [5.74, 6) is 0.607. The lowest BCUT2D eigenvalue weighted by Gasteiger charge is -2.19. The van der Waals surface area contributed by atoms with Crippen molar-refractivity contribution in [1.82, 2.24) is 15.0 Å². The van der Waals surface area contributed by atoms with Gasteiger partial charge in [-0.3, -0.25) is 0 Å². The summed E-state index contributed by atoms with van der Waals surface area (Å²) in [5, 5.41) is 3.95. The molecule has 0 aliphatic carbocycles. The molecule has 0 aromatic carbocycles. The lowest BCUT2D eigenvalue weighted by molar-refractivity contribution is 0.0606.